The molecule has 1 unspecified atom stereocenters. The molecule has 0 aliphatic carbocycles. The Labute approximate surface area is 89.4 Å². The van der Waals surface area contributed by atoms with Crippen LogP contribution in [0.25, 0.3) is 0 Å². The highest BCUT2D eigenvalue weighted by atomic mass is 16.5. The molecule has 1 atom stereocenters. The lowest BCUT2D eigenvalue weighted by atomic mass is 9.96. The van der Waals surface area contributed by atoms with Crippen LogP contribution in [-0.2, 0) is 6.42 Å². The van der Waals surface area contributed by atoms with Gasteiger partial charge in [0.1, 0.15) is 17.1 Å². The van der Waals surface area contributed by atoms with Crippen molar-refractivity contribution in [2.24, 2.45) is 0 Å². The van der Waals surface area contributed by atoms with Crippen LogP contribution >= 0.6 is 0 Å². The maximum atomic E-state index is 6.04. The van der Waals surface area contributed by atoms with Crippen molar-refractivity contribution in [1.82, 2.24) is 5.32 Å². The molecule has 2 aliphatic heterocycles. The molecule has 1 saturated heterocycles. The number of hydrogen-bond acceptors (Lipinski definition) is 3. The van der Waals surface area contributed by atoms with Gasteiger partial charge in [0.15, 0.2) is 0 Å². The van der Waals surface area contributed by atoms with Gasteiger partial charge in [-0.25, -0.2) is 0 Å². The van der Waals surface area contributed by atoms with Crippen LogP contribution in [0, 0.1) is 0 Å². The van der Waals surface area contributed by atoms with Crippen LogP contribution < -0.4 is 14.8 Å². The van der Waals surface area contributed by atoms with Gasteiger partial charge >= 0.3 is 0 Å². The third kappa shape index (κ3) is 1.38. The lowest BCUT2D eigenvalue weighted by molar-refractivity contribution is 0.118. The molecule has 2 heterocycles. The highest BCUT2D eigenvalue weighted by Crippen LogP contribution is 2.39. The molecule has 0 radical (unpaired) electrons. The summed E-state index contributed by atoms with van der Waals surface area (Å²) in [5, 5.41) is 3.36. The Morgan fingerprint density at radius 1 is 1.47 bits per heavy atom. The molecule has 15 heavy (non-hydrogen) atoms. The van der Waals surface area contributed by atoms with Gasteiger partial charge in [0.2, 0.25) is 0 Å². The van der Waals surface area contributed by atoms with Crippen LogP contribution in [0.3, 0.4) is 0 Å². The minimum absolute atomic E-state index is 0.0225. The predicted molar refractivity (Wildman–Crippen MR) is 57.5 cm³/mol. The second-order valence-corrected chi connectivity index (χ2v) is 4.36. The molecule has 0 aromatic heterocycles. The van der Waals surface area contributed by atoms with Crippen LogP contribution in [0.5, 0.6) is 11.5 Å². The first-order chi connectivity index (χ1) is 7.31. The smallest absolute Gasteiger partial charge is 0.127 e. The molecule has 0 amide bonds. The molecule has 3 rings (SSSR count). The van der Waals surface area contributed by atoms with Gasteiger partial charge in [-0.15, -0.1) is 0 Å². The summed E-state index contributed by atoms with van der Waals surface area (Å²) >= 11 is 0. The fourth-order valence-electron chi connectivity index (χ4n) is 2.50. The number of benzene rings is 1. The predicted octanol–water partition coefficient (Wildman–Crippen LogP) is 1.36. The first-order valence-electron chi connectivity index (χ1n) is 5.38. The van der Waals surface area contributed by atoms with Crippen molar-refractivity contribution >= 4 is 0 Å². The SMILES string of the molecule is COc1ccc2c(c1)CC1(CCNC1)O2. The van der Waals surface area contributed by atoms with E-state index in [0.717, 1.165) is 37.4 Å². The second-order valence-electron chi connectivity index (χ2n) is 4.36. The average Bonchev–Trinajstić information content (AvgIpc) is 2.84. The van der Waals surface area contributed by atoms with Crippen LogP contribution in [0.4, 0.5) is 0 Å². The van der Waals surface area contributed by atoms with Crippen molar-refractivity contribution in [3.8, 4) is 11.5 Å². The van der Waals surface area contributed by atoms with Crippen molar-refractivity contribution in [3.63, 3.8) is 0 Å². The number of methoxy groups -OCH3 is 1. The number of rotatable bonds is 1. The van der Waals surface area contributed by atoms with Gasteiger partial charge in [-0.05, 0) is 24.7 Å². The van der Waals surface area contributed by atoms with Crippen molar-refractivity contribution in [3.05, 3.63) is 23.8 Å². The van der Waals surface area contributed by atoms with E-state index in [4.69, 9.17) is 9.47 Å². The summed E-state index contributed by atoms with van der Waals surface area (Å²) < 4.78 is 11.3. The Morgan fingerprint density at radius 2 is 2.40 bits per heavy atom. The van der Waals surface area contributed by atoms with Gasteiger partial charge in [-0.3, -0.25) is 0 Å². The van der Waals surface area contributed by atoms with Crippen LogP contribution in [0.2, 0.25) is 0 Å². The Kier molecular flexibility index (Phi) is 1.89. The summed E-state index contributed by atoms with van der Waals surface area (Å²) in [5.74, 6) is 1.94. The van der Waals surface area contributed by atoms with Gasteiger partial charge in [-0.1, -0.05) is 0 Å². The lowest BCUT2D eigenvalue weighted by Crippen LogP contribution is -2.36. The van der Waals surface area contributed by atoms with E-state index in [9.17, 15) is 0 Å². The van der Waals surface area contributed by atoms with Gasteiger partial charge < -0.3 is 14.8 Å². The molecule has 3 heteroatoms. The highest BCUT2D eigenvalue weighted by Gasteiger charge is 2.41. The van der Waals surface area contributed by atoms with Gasteiger partial charge in [-0.2, -0.15) is 0 Å². The van der Waals surface area contributed by atoms with Crippen LogP contribution in [-0.4, -0.2) is 25.8 Å². The molecule has 0 saturated carbocycles. The summed E-state index contributed by atoms with van der Waals surface area (Å²) in [7, 11) is 1.70. The van der Waals surface area contributed by atoms with E-state index in [0.29, 0.717) is 0 Å². The summed E-state index contributed by atoms with van der Waals surface area (Å²) in [4.78, 5) is 0. The van der Waals surface area contributed by atoms with Crippen molar-refractivity contribution < 1.29 is 9.47 Å². The molecule has 1 spiro atoms. The summed E-state index contributed by atoms with van der Waals surface area (Å²) in [5.41, 5.74) is 1.30. The van der Waals surface area contributed by atoms with Crippen LogP contribution in [0.15, 0.2) is 18.2 Å². The zero-order chi connectivity index (χ0) is 10.3. The fraction of sp³-hybridized carbons (Fsp3) is 0.500. The second kappa shape index (κ2) is 3.14. The molecule has 1 aromatic rings. The number of nitrogens with one attached hydrogen (secondary N) is 1. The maximum absolute atomic E-state index is 6.04. The first-order valence-corrected chi connectivity index (χ1v) is 5.38. The first kappa shape index (κ1) is 9.04. The quantitative estimate of drug-likeness (QED) is 0.751. The number of ether oxygens (including phenoxy) is 2. The van der Waals surface area contributed by atoms with Gasteiger partial charge in [0.05, 0.1) is 7.11 Å². The standard InChI is InChI=1S/C12H15NO2/c1-14-10-2-3-11-9(6-10)7-12(15-11)4-5-13-8-12/h2-3,6,13H,4-5,7-8H2,1H3. The molecule has 2 aliphatic rings. The van der Waals surface area contributed by atoms with Gasteiger partial charge in [0.25, 0.3) is 0 Å². The van der Waals surface area contributed by atoms with Crippen molar-refractivity contribution in [2.45, 2.75) is 18.4 Å². The molecule has 1 aromatic carbocycles. The minimum atomic E-state index is 0.0225. The van der Waals surface area contributed by atoms with E-state index >= 15 is 0 Å². The van der Waals surface area contributed by atoms with E-state index in [-0.39, 0.29) is 5.60 Å². The molecular formula is C12H15NO2. The van der Waals surface area contributed by atoms with Crippen molar-refractivity contribution in [2.75, 3.05) is 20.2 Å². The third-order valence-electron chi connectivity index (χ3n) is 3.31. The third-order valence-corrected chi connectivity index (χ3v) is 3.31. The topological polar surface area (TPSA) is 30.5 Å². The zero-order valence-corrected chi connectivity index (χ0v) is 8.88. The lowest BCUT2D eigenvalue weighted by Gasteiger charge is -2.21. The molecular weight excluding hydrogens is 190 g/mol. The highest BCUT2D eigenvalue weighted by molar-refractivity contribution is 5.44. The molecule has 1 N–H and O–H groups in total. The Morgan fingerprint density at radius 3 is 3.13 bits per heavy atom. The minimum Gasteiger partial charge on any atom is -0.497 e. The van der Waals surface area contributed by atoms with E-state index in [1.54, 1.807) is 7.11 Å². The molecule has 3 nitrogen and oxygen atoms in total. The monoisotopic (exact) mass is 205 g/mol. The fourth-order valence-corrected chi connectivity index (χ4v) is 2.50. The summed E-state index contributed by atoms with van der Waals surface area (Å²) in [6.07, 6.45) is 2.11. The maximum Gasteiger partial charge on any atom is 0.127 e. The molecule has 1 fully saturated rings. The Hall–Kier alpha value is -1.22. The van der Waals surface area contributed by atoms with Crippen LogP contribution in [0.1, 0.15) is 12.0 Å². The number of hydrogen-bond donors (Lipinski definition) is 1. The normalized spacial score (nSPS) is 27.8. The Balaban J connectivity index is 1.92. The summed E-state index contributed by atoms with van der Waals surface area (Å²) in [6, 6.07) is 6.06. The van der Waals surface area contributed by atoms with Gasteiger partial charge in [0, 0.05) is 24.9 Å². The van der Waals surface area contributed by atoms with E-state index in [2.05, 4.69) is 11.4 Å². The van der Waals surface area contributed by atoms with Crippen molar-refractivity contribution in [1.29, 1.82) is 0 Å². The summed E-state index contributed by atoms with van der Waals surface area (Å²) in [6.45, 7) is 2.02. The van der Waals surface area contributed by atoms with E-state index in [1.807, 2.05) is 12.1 Å². The average molecular weight is 205 g/mol. The van der Waals surface area contributed by atoms with E-state index in [1.165, 1.54) is 5.56 Å². The number of fused-ring (bicyclic) bond motifs is 1. The Bertz CT molecular complexity index is 383. The largest absolute Gasteiger partial charge is 0.497 e. The molecule has 0 bridgehead atoms. The van der Waals surface area contributed by atoms with E-state index < -0.39 is 0 Å². The zero-order valence-electron chi connectivity index (χ0n) is 8.88. The molecule has 80 valence electrons.